The Balaban J connectivity index is 0. The van der Waals surface area contributed by atoms with Crippen molar-refractivity contribution in [2.75, 3.05) is 6.54 Å². The summed E-state index contributed by atoms with van der Waals surface area (Å²) in [5.41, 5.74) is 0. The lowest BCUT2D eigenvalue weighted by atomic mass is 10.1. The molecule has 0 saturated heterocycles. The zero-order valence-corrected chi connectivity index (χ0v) is 12.4. The second-order valence-electron chi connectivity index (χ2n) is 4.46. The van der Waals surface area contributed by atoms with E-state index < -0.39 is 6.04 Å². The summed E-state index contributed by atoms with van der Waals surface area (Å²) in [7, 11) is 0. The summed E-state index contributed by atoms with van der Waals surface area (Å²) in [6.07, 6.45) is 2.50. The average Bonchev–Trinajstić information content (AvgIpc) is 2.34. The molecule has 0 N–H and O–H groups in total. The van der Waals surface area contributed by atoms with Gasteiger partial charge in [0, 0.05) is 19.4 Å². The Kier molecular flexibility index (Phi) is 13.9. The fourth-order valence-electron chi connectivity index (χ4n) is 1.43. The fraction of sp³-hybridized carbons (Fsp3) is 0.786. The molecule has 0 aliphatic rings. The highest BCUT2D eigenvalue weighted by molar-refractivity contribution is 5.86. The molecule has 4 nitrogen and oxygen atoms in total. The predicted molar refractivity (Wildman–Crippen MR) is 73.2 cm³/mol. The molecule has 0 saturated carbocycles. The van der Waals surface area contributed by atoms with Crippen molar-refractivity contribution in [1.29, 1.82) is 0 Å². The number of carbonyl (C=O) groups is 3. The molecule has 0 spiro atoms. The quantitative estimate of drug-likeness (QED) is 0.369. The number of hydrogen-bond donors (Lipinski definition) is 0. The van der Waals surface area contributed by atoms with Gasteiger partial charge in [-0.15, -0.1) is 0 Å². The van der Waals surface area contributed by atoms with Crippen molar-refractivity contribution < 1.29 is 18.8 Å². The zero-order valence-electron chi connectivity index (χ0n) is 12.4. The third-order valence-electron chi connectivity index (χ3n) is 2.30. The standard InChI is InChI=1S/C12H20FNO3.C2H6/c1-10(2)8-12(17)14(9-15)7-5-3-4-6-11(13)16;1-2/h9-10H,3-8H2,1-2H3;1-2H3. The van der Waals surface area contributed by atoms with Crippen LogP contribution in [0.2, 0.25) is 0 Å². The molecule has 112 valence electrons. The molecule has 0 heterocycles. The molecule has 0 bridgehead atoms. The number of unbranched alkanes of at least 4 members (excludes halogenated alkanes) is 2. The van der Waals surface area contributed by atoms with Gasteiger partial charge in [-0.1, -0.05) is 34.1 Å². The first kappa shape index (κ1) is 20.1. The molecule has 19 heavy (non-hydrogen) atoms. The minimum Gasteiger partial charge on any atom is -0.285 e. The predicted octanol–water partition coefficient (Wildman–Crippen LogP) is 3.10. The van der Waals surface area contributed by atoms with Gasteiger partial charge in [0.25, 0.3) is 0 Å². The van der Waals surface area contributed by atoms with Crippen molar-refractivity contribution in [3.63, 3.8) is 0 Å². The van der Waals surface area contributed by atoms with E-state index in [0.717, 1.165) is 4.90 Å². The van der Waals surface area contributed by atoms with Crippen LogP contribution < -0.4 is 0 Å². The Labute approximate surface area is 115 Å². The van der Waals surface area contributed by atoms with Gasteiger partial charge in [-0.3, -0.25) is 19.3 Å². The monoisotopic (exact) mass is 275 g/mol. The van der Waals surface area contributed by atoms with E-state index in [1.807, 2.05) is 27.7 Å². The molecule has 0 fully saturated rings. The lowest BCUT2D eigenvalue weighted by molar-refractivity contribution is -0.139. The summed E-state index contributed by atoms with van der Waals surface area (Å²) in [6.45, 7) is 8.16. The minimum atomic E-state index is -1.31. The summed E-state index contributed by atoms with van der Waals surface area (Å²) in [5, 5.41) is 0. The highest BCUT2D eigenvalue weighted by atomic mass is 19.1. The molecular weight excluding hydrogens is 249 g/mol. The van der Waals surface area contributed by atoms with E-state index in [-0.39, 0.29) is 18.2 Å². The lowest BCUT2D eigenvalue weighted by Crippen LogP contribution is -2.31. The van der Waals surface area contributed by atoms with E-state index in [0.29, 0.717) is 38.6 Å². The maximum atomic E-state index is 11.9. The Morgan fingerprint density at radius 1 is 1.16 bits per heavy atom. The number of hydrogen-bond acceptors (Lipinski definition) is 3. The molecule has 0 aliphatic carbocycles. The molecular formula is C14H26FNO3. The van der Waals surface area contributed by atoms with Crippen molar-refractivity contribution in [3.05, 3.63) is 0 Å². The van der Waals surface area contributed by atoms with Crippen LogP contribution in [0.5, 0.6) is 0 Å². The Hall–Kier alpha value is -1.26. The fourth-order valence-corrected chi connectivity index (χ4v) is 1.43. The summed E-state index contributed by atoms with van der Waals surface area (Å²) in [4.78, 5) is 33.4. The van der Waals surface area contributed by atoms with Crippen molar-refractivity contribution in [2.24, 2.45) is 5.92 Å². The molecule has 0 aromatic carbocycles. The minimum absolute atomic E-state index is 0.0823. The van der Waals surface area contributed by atoms with Gasteiger partial charge in [-0.25, -0.2) is 0 Å². The molecule has 0 atom stereocenters. The molecule has 2 amide bonds. The number of nitrogens with zero attached hydrogens (tertiary/aromatic N) is 1. The van der Waals surface area contributed by atoms with Crippen molar-refractivity contribution in [3.8, 4) is 0 Å². The Morgan fingerprint density at radius 2 is 1.74 bits per heavy atom. The first-order valence-electron chi connectivity index (χ1n) is 6.90. The third kappa shape index (κ3) is 13.0. The molecule has 0 aliphatic heterocycles. The maximum Gasteiger partial charge on any atom is 0.301 e. The summed E-state index contributed by atoms with van der Waals surface area (Å²) < 4.78 is 11.9. The summed E-state index contributed by atoms with van der Waals surface area (Å²) in [5.74, 6) is 0.0330. The molecule has 0 rings (SSSR count). The van der Waals surface area contributed by atoms with Crippen LogP contribution in [-0.4, -0.2) is 29.8 Å². The number of rotatable bonds is 9. The topological polar surface area (TPSA) is 54.5 Å². The maximum absolute atomic E-state index is 11.9. The van der Waals surface area contributed by atoms with Gasteiger partial charge < -0.3 is 0 Å². The first-order chi connectivity index (χ1) is 8.97. The summed E-state index contributed by atoms with van der Waals surface area (Å²) >= 11 is 0. The molecule has 5 heteroatoms. The van der Waals surface area contributed by atoms with Crippen LogP contribution in [0.4, 0.5) is 4.39 Å². The number of amides is 2. The highest BCUT2D eigenvalue weighted by Gasteiger charge is 2.13. The molecule has 0 radical (unpaired) electrons. The van der Waals surface area contributed by atoms with Gasteiger partial charge in [-0.2, -0.15) is 4.39 Å². The van der Waals surface area contributed by atoms with Crippen LogP contribution in [0.25, 0.3) is 0 Å². The van der Waals surface area contributed by atoms with E-state index in [1.165, 1.54) is 0 Å². The Morgan fingerprint density at radius 3 is 2.16 bits per heavy atom. The van der Waals surface area contributed by atoms with E-state index >= 15 is 0 Å². The number of imide groups is 1. The van der Waals surface area contributed by atoms with E-state index in [2.05, 4.69) is 0 Å². The highest BCUT2D eigenvalue weighted by Crippen LogP contribution is 2.06. The van der Waals surface area contributed by atoms with Crippen LogP contribution in [0.3, 0.4) is 0 Å². The SMILES string of the molecule is CC.CC(C)CC(=O)N(C=O)CCCCCC(=O)F. The van der Waals surface area contributed by atoms with Crippen molar-refractivity contribution in [2.45, 2.75) is 59.8 Å². The normalized spacial score (nSPS) is 9.58. The van der Waals surface area contributed by atoms with Crippen molar-refractivity contribution in [1.82, 2.24) is 4.90 Å². The Bertz CT molecular complexity index is 267. The van der Waals surface area contributed by atoms with Gasteiger partial charge in [0.15, 0.2) is 0 Å². The van der Waals surface area contributed by atoms with Crippen LogP contribution in [0.1, 0.15) is 59.8 Å². The largest absolute Gasteiger partial charge is 0.301 e. The van der Waals surface area contributed by atoms with Gasteiger partial charge >= 0.3 is 6.04 Å². The number of halogens is 1. The average molecular weight is 275 g/mol. The van der Waals surface area contributed by atoms with Gasteiger partial charge in [-0.05, 0) is 18.8 Å². The van der Waals surface area contributed by atoms with Crippen LogP contribution >= 0.6 is 0 Å². The van der Waals surface area contributed by atoms with E-state index in [4.69, 9.17) is 0 Å². The van der Waals surface area contributed by atoms with Crippen molar-refractivity contribution >= 4 is 18.4 Å². The van der Waals surface area contributed by atoms with Gasteiger partial charge in [0.2, 0.25) is 12.3 Å². The first-order valence-corrected chi connectivity index (χ1v) is 6.90. The van der Waals surface area contributed by atoms with E-state index in [1.54, 1.807) is 0 Å². The smallest absolute Gasteiger partial charge is 0.285 e. The zero-order chi connectivity index (χ0) is 15.3. The van der Waals surface area contributed by atoms with Crippen LogP contribution in [0, 0.1) is 5.92 Å². The second-order valence-corrected chi connectivity index (χ2v) is 4.46. The molecule has 0 aromatic rings. The van der Waals surface area contributed by atoms with Crippen LogP contribution in [-0.2, 0) is 14.4 Å². The second kappa shape index (κ2) is 13.2. The third-order valence-corrected chi connectivity index (χ3v) is 2.30. The van der Waals surface area contributed by atoms with Gasteiger partial charge in [0.05, 0.1) is 0 Å². The van der Waals surface area contributed by atoms with Crippen LogP contribution in [0.15, 0.2) is 0 Å². The summed E-state index contributed by atoms with van der Waals surface area (Å²) in [6, 6.07) is -1.31. The van der Waals surface area contributed by atoms with Gasteiger partial charge in [0.1, 0.15) is 0 Å². The molecule has 0 unspecified atom stereocenters. The van der Waals surface area contributed by atoms with E-state index in [9.17, 15) is 18.8 Å². The number of carbonyl (C=O) groups excluding carboxylic acids is 3. The lowest BCUT2D eigenvalue weighted by Gasteiger charge is -2.16. The molecule has 0 aromatic heterocycles.